The van der Waals surface area contributed by atoms with Crippen molar-refractivity contribution in [3.05, 3.63) is 17.7 Å². The average Bonchev–Trinajstić information content (AvgIpc) is 2.29. The number of anilines is 1. The highest BCUT2D eigenvalue weighted by Gasteiger charge is 2.20. The molecule has 100 valence electrons. The lowest BCUT2D eigenvalue weighted by molar-refractivity contribution is 0.171. The van der Waals surface area contributed by atoms with Crippen LogP contribution >= 0.6 is 0 Å². The molecule has 1 aliphatic heterocycles. The first-order valence-electron chi connectivity index (χ1n) is 6.40. The molecule has 3 N–H and O–H groups in total. The summed E-state index contributed by atoms with van der Waals surface area (Å²) in [5.74, 6) is 1.65. The van der Waals surface area contributed by atoms with Crippen molar-refractivity contribution in [1.82, 2.24) is 0 Å². The summed E-state index contributed by atoms with van der Waals surface area (Å²) in [6.07, 6.45) is 0.918. The topological polar surface area (TPSA) is 56.5 Å². The Hall–Kier alpha value is -1.42. The van der Waals surface area contributed by atoms with Gasteiger partial charge in [-0.1, -0.05) is 0 Å². The second-order valence-corrected chi connectivity index (χ2v) is 5.36. The second kappa shape index (κ2) is 5.06. The molecule has 0 unspecified atom stereocenters. The van der Waals surface area contributed by atoms with E-state index in [-0.39, 0.29) is 5.54 Å². The van der Waals surface area contributed by atoms with E-state index in [1.165, 1.54) is 0 Å². The van der Waals surface area contributed by atoms with Gasteiger partial charge >= 0.3 is 0 Å². The van der Waals surface area contributed by atoms with Gasteiger partial charge in [0.25, 0.3) is 0 Å². The number of nitrogens with one attached hydrogen (secondary N) is 1. The van der Waals surface area contributed by atoms with E-state index in [0.29, 0.717) is 19.8 Å². The molecule has 1 aliphatic rings. The van der Waals surface area contributed by atoms with E-state index in [1.807, 2.05) is 12.1 Å². The van der Waals surface area contributed by atoms with Crippen LogP contribution in [-0.2, 0) is 0 Å². The molecular formula is C14H22N2O2. The van der Waals surface area contributed by atoms with Crippen LogP contribution in [0.25, 0.3) is 0 Å². The van der Waals surface area contributed by atoms with E-state index in [4.69, 9.17) is 15.2 Å². The van der Waals surface area contributed by atoms with Crippen LogP contribution in [0.5, 0.6) is 11.5 Å². The molecule has 0 fully saturated rings. The molecule has 0 radical (unpaired) electrons. The van der Waals surface area contributed by atoms with E-state index >= 15 is 0 Å². The minimum Gasteiger partial charge on any atom is -0.486 e. The number of fused-ring (bicyclic) bond motifs is 1. The van der Waals surface area contributed by atoms with Gasteiger partial charge in [0, 0.05) is 17.3 Å². The van der Waals surface area contributed by atoms with Gasteiger partial charge in [-0.3, -0.25) is 0 Å². The van der Waals surface area contributed by atoms with Crippen molar-refractivity contribution in [3.63, 3.8) is 0 Å². The van der Waals surface area contributed by atoms with Crippen molar-refractivity contribution < 1.29 is 9.47 Å². The minimum atomic E-state index is -0.0245. The monoisotopic (exact) mass is 250 g/mol. The molecule has 0 atom stereocenters. The molecule has 1 heterocycles. The van der Waals surface area contributed by atoms with Gasteiger partial charge in [0.2, 0.25) is 0 Å². The third-order valence-corrected chi connectivity index (χ3v) is 3.13. The molecule has 0 bridgehead atoms. The minimum absolute atomic E-state index is 0.0245. The van der Waals surface area contributed by atoms with Crippen LogP contribution in [0.4, 0.5) is 5.69 Å². The van der Waals surface area contributed by atoms with Gasteiger partial charge in [0.15, 0.2) is 11.5 Å². The summed E-state index contributed by atoms with van der Waals surface area (Å²) in [6.45, 7) is 8.27. The van der Waals surface area contributed by atoms with Gasteiger partial charge in [0.05, 0.1) is 0 Å². The summed E-state index contributed by atoms with van der Waals surface area (Å²) in [7, 11) is 0. The van der Waals surface area contributed by atoms with Crippen LogP contribution in [0.3, 0.4) is 0 Å². The van der Waals surface area contributed by atoms with Crippen LogP contribution in [-0.4, -0.2) is 25.3 Å². The van der Waals surface area contributed by atoms with Gasteiger partial charge in [-0.15, -0.1) is 0 Å². The van der Waals surface area contributed by atoms with Crippen molar-refractivity contribution in [2.24, 2.45) is 5.73 Å². The Morgan fingerprint density at radius 1 is 1.22 bits per heavy atom. The highest BCUT2D eigenvalue weighted by Crippen LogP contribution is 2.36. The van der Waals surface area contributed by atoms with Crippen molar-refractivity contribution in [1.29, 1.82) is 0 Å². The van der Waals surface area contributed by atoms with E-state index in [1.54, 1.807) is 0 Å². The van der Waals surface area contributed by atoms with Gasteiger partial charge in [-0.05, 0) is 45.4 Å². The maximum Gasteiger partial charge on any atom is 0.163 e. The Morgan fingerprint density at radius 3 is 2.44 bits per heavy atom. The molecule has 1 aromatic rings. The third-order valence-electron chi connectivity index (χ3n) is 3.13. The fourth-order valence-corrected chi connectivity index (χ4v) is 2.11. The van der Waals surface area contributed by atoms with Crippen LogP contribution in [0, 0.1) is 6.92 Å². The fourth-order valence-electron chi connectivity index (χ4n) is 2.11. The molecule has 2 rings (SSSR count). The summed E-state index contributed by atoms with van der Waals surface area (Å²) in [5.41, 5.74) is 7.85. The molecule has 0 amide bonds. The Kier molecular flexibility index (Phi) is 3.66. The first kappa shape index (κ1) is 13.0. The maximum absolute atomic E-state index is 5.63. The number of nitrogens with two attached hydrogens (primary N) is 1. The second-order valence-electron chi connectivity index (χ2n) is 5.36. The van der Waals surface area contributed by atoms with Crippen LogP contribution in [0.2, 0.25) is 0 Å². The quantitative estimate of drug-likeness (QED) is 0.861. The Balaban J connectivity index is 2.23. The molecule has 4 nitrogen and oxygen atoms in total. The van der Waals surface area contributed by atoms with Crippen molar-refractivity contribution in [2.45, 2.75) is 32.7 Å². The lowest BCUT2D eigenvalue weighted by atomic mass is 9.99. The zero-order chi connectivity index (χ0) is 13.2. The molecule has 0 aromatic heterocycles. The van der Waals surface area contributed by atoms with Crippen molar-refractivity contribution in [3.8, 4) is 11.5 Å². The first-order chi connectivity index (χ1) is 8.52. The average molecular weight is 250 g/mol. The molecule has 0 saturated carbocycles. The standard InChI is InChI=1S/C14H22N2O2/c1-10-8-12-13(18-7-6-17-12)9-11(10)16-14(2,3)4-5-15/h8-9,16H,4-7,15H2,1-3H3. The number of benzene rings is 1. The predicted molar refractivity (Wildman–Crippen MR) is 73.5 cm³/mol. The molecule has 1 aromatic carbocycles. The van der Waals surface area contributed by atoms with Crippen LogP contribution in [0.1, 0.15) is 25.8 Å². The summed E-state index contributed by atoms with van der Waals surface area (Å²) >= 11 is 0. The summed E-state index contributed by atoms with van der Waals surface area (Å²) in [5, 5.41) is 3.52. The number of ether oxygens (including phenoxy) is 2. The highest BCUT2D eigenvalue weighted by atomic mass is 16.6. The Bertz CT molecular complexity index is 430. The lowest BCUT2D eigenvalue weighted by Gasteiger charge is -2.29. The van der Waals surface area contributed by atoms with Crippen LogP contribution in [0.15, 0.2) is 12.1 Å². The maximum atomic E-state index is 5.63. The summed E-state index contributed by atoms with van der Waals surface area (Å²) in [6, 6.07) is 4.04. The van der Waals surface area contributed by atoms with Gasteiger partial charge < -0.3 is 20.5 Å². The van der Waals surface area contributed by atoms with Crippen molar-refractivity contribution >= 4 is 5.69 Å². The van der Waals surface area contributed by atoms with E-state index in [0.717, 1.165) is 29.2 Å². The molecule has 4 heteroatoms. The summed E-state index contributed by atoms with van der Waals surface area (Å²) in [4.78, 5) is 0. The fraction of sp³-hybridized carbons (Fsp3) is 0.571. The smallest absolute Gasteiger partial charge is 0.163 e. The number of aryl methyl sites for hydroxylation is 1. The van der Waals surface area contributed by atoms with E-state index < -0.39 is 0 Å². The van der Waals surface area contributed by atoms with E-state index in [9.17, 15) is 0 Å². The predicted octanol–water partition coefficient (Wildman–Crippen LogP) is 2.31. The van der Waals surface area contributed by atoms with Crippen LogP contribution < -0.4 is 20.5 Å². The van der Waals surface area contributed by atoms with Gasteiger partial charge in [-0.2, -0.15) is 0 Å². The first-order valence-corrected chi connectivity index (χ1v) is 6.40. The van der Waals surface area contributed by atoms with Gasteiger partial charge in [-0.25, -0.2) is 0 Å². The molecule has 18 heavy (non-hydrogen) atoms. The lowest BCUT2D eigenvalue weighted by Crippen LogP contribution is -2.33. The van der Waals surface area contributed by atoms with E-state index in [2.05, 4.69) is 26.1 Å². The summed E-state index contributed by atoms with van der Waals surface area (Å²) < 4.78 is 11.2. The molecule has 0 spiro atoms. The SMILES string of the molecule is Cc1cc2c(cc1NC(C)(C)CCN)OCCO2. The number of hydrogen-bond acceptors (Lipinski definition) is 4. The van der Waals surface area contributed by atoms with Gasteiger partial charge in [0.1, 0.15) is 13.2 Å². The molecule has 0 saturated heterocycles. The zero-order valence-corrected chi connectivity index (χ0v) is 11.4. The Labute approximate surface area is 108 Å². The largest absolute Gasteiger partial charge is 0.486 e. The third kappa shape index (κ3) is 2.88. The number of rotatable bonds is 4. The zero-order valence-electron chi connectivity index (χ0n) is 11.4. The Morgan fingerprint density at radius 2 is 1.83 bits per heavy atom. The molecular weight excluding hydrogens is 228 g/mol. The number of hydrogen-bond donors (Lipinski definition) is 2. The normalized spacial score (nSPS) is 14.4. The van der Waals surface area contributed by atoms with Crippen molar-refractivity contribution in [2.75, 3.05) is 25.1 Å². The highest BCUT2D eigenvalue weighted by molar-refractivity contribution is 5.61. The molecule has 0 aliphatic carbocycles.